The molecule has 0 bridgehead atoms. The van der Waals surface area contributed by atoms with Crippen LogP contribution in [0, 0.1) is 12.7 Å². The van der Waals surface area contributed by atoms with Crippen LogP contribution in [0.25, 0.3) is 0 Å². The van der Waals surface area contributed by atoms with Crippen LogP contribution in [0.3, 0.4) is 0 Å². The molecular formula is C16H20BrFN2S. The zero-order chi connectivity index (χ0) is 15.8. The molecule has 5 heteroatoms. The van der Waals surface area contributed by atoms with Crippen LogP contribution in [0.2, 0.25) is 0 Å². The second-order valence-electron chi connectivity index (χ2n) is 6.18. The van der Waals surface area contributed by atoms with Gasteiger partial charge in [-0.2, -0.15) is 0 Å². The van der Waals surface area contributed by atoms with E-state index in [-0.39, 0.29) is 17.3 Å². The fraction of sp³-hybridized carbons (Fsp3) is 0.438. The number of hydrogen-bond acceptors (Lipinski definition) is 3. The molecule has 0 aliphatic carbocycles. The summed E-state index contributed by atoms with van der Waals surface area (Å²) in [5, 5.41) is 4.36. The first-order chi connectivity index (χ1) is 9.70. The molecular weight excluding hydrogens is 351 g/mol. The average molecular weight is 371 g/mol. The second-order valence-corrected chi connectivity index (χ2v) is 8.07. The van der Waals surface area contributed by atoms with Crippen molar-refractivity contribution in [3.8, 4) is 0 Å². The lowest BCUT2D eigenvalue weighted by Crippen LogP contribution is -2.10. The van der Waals surface area contributed by atoms with Crippen molar-refractivity contribution in [3.05, 3.63) is 44.1 Å². The van der Waals surface area contributed by atoms with E-state index in [1.807, 2.05) is 19.9 Å². The zero-order valence-corrected chi connectivity index (χ0v) is 15.3. The fourth-order valence-corrected chi connectivity index (χ4v) is 3.63. The van der Waals surface area contributed by atoms with Crippen molar-refractivity contribution in [1.82, 2.24) is 4.98 Å². The number of nitrogens with one attached hydrogen (secondary N) is 1. The molecule has 0 radical (unpaired) electrons. The highest BCUT2D eigenvalue weighted by Gasteiger charge is 2.23. The van der Waals surface area contributed by atoms with Crippen LogP contribution in [-0.2, 0) is 5.41 Å². The summed E-state index contributed by atoms with van der Waals surface area (Å²) in [7, 11) is 0. The summed E-state index contributed by atoms with van der Waals surface area (Å²) in [5.74, 6) is -0.255. The number of thiazole rings is 1. The Labute approximate surface area is 137 Å². The maximum absolute atomic E-state index is 13.9. The van der Waals surface area contributed by atoms with E-state index in [4.69, 9.17) is 0 Å². The molecule has 2 aromatic rings. The molecule has 2 nitrogen and oxygen atoms in total. The lowest BCUT2D eigenvalue weighted by Gasteiger charge is -2.17. The predicted molar refractivity (Wildman–Crippen MR) is 91.7 cm³/mol. The number of aromatic nitrogens is 1. The summed E-state index contributed by atoms with van der Waals surface area (Å²) in [6.07, 6.45) is 0. The number of hydrogen-bond donors (Lipinski definition) is 1. The summed E-state index contributed by atoms with van der Waals surface area (Å²) in [5.41, 5.74) is 1.54. The molecule has 21 heavy (non-hydrogen) atoms. The third-order valence-electron chi connectivity index (χ3n) is 3.19. The van der Waals surface area contributed by atoms with E-state index < -0.39 is 0 Å². The largest absolute Gasteiger partial charge is 0.374 e. The summed E-state index contributed by atoms with van der Waals surface area (Å²) >= 11 is 5.08. The number of halogens is 2. The second kappa shape index (κ2) is 6.05. The molecule has 0 saturated heterocycles. The van der Waals surface area contributed by atoms with Crippen LogP contribution in [0.1, 0.15) is 49.3 Å². The molecule has 0 spiro atoms. The molecule has 0 fully saturated rings. The third-order valence-corrected chi connectivity index (χ3v) is 5.62. The van der Waals surface area contributed by atoms with Crippen LogP contribution in [-0.4, -0.2) is 4.98 Å². The van der Waals surface area contributed by atoms with E-state index in [0.717, 1.165) is 20.1 Å². The zero-order valence-electron chi connectivity index (χ0n) is 12.9. The number of benzene rings is 1. The van der Waals surface area contributed by atoms with Crippen LogP contribution in [0.5, 0.6) is 0 Å². The minimum atomic E-state index is -0.255. The van der Waals surface area contributed by atoms with Gasteiger partial charge in [0, 0.05) is 14.8 Å². The highest BCUT2D eigenvalue weighted by molar-refractivity contribution is 9.10. The Hall–Kier alpha value is -0.940. The summed E-state index contributed by atoms with van der Waals surface area (Å²) < 4.78 is 14.6. The summed E-state index contributed by atoms with van der Waals surface area (Å²) in [6, 6.07) is 4.98. The molecule has 0 aliphatic rings. The molecule has 1 heterocycles. The molecule has 0 aliphatic heterocycles. The molecule has 1 aromatic heterocycles. The molecule has 1 aromatic carbocycles. The van der Waals surface area contributed by atoms with Gasteiger partial charge in [-0.15, -0.1) is 11.3 Å². The van der Waals surface area contributed by atoms with Gasteiger partial charge >= 0.3 is 0 Å². The fourth-order valence-electron chi connectivity index (χ4n) is 2.05. The van der Waals surface area contributed by atoms with E-state index in [9.17, 15) is 4.39 Å². The quantitative estimate of drug-likeness (QED) is 0.735. The van der Waals surface area contributed by atoms with Gasteiger partial charge in [0.25, 0.3) is 0 Å². The van der Waals surface area contributed by atoms with Gasteiger partial charge in [-0.25, -0.2) is 9.37 Å². The average Bonchev–Trinajstić information content (AvgIpc) is 2.76. The maximum atomic E-state index is 13.9. The molecule has 114 valence electrons. The van der Waals surface area contributed by atoms with Crippen molar-refractivity contribution in [2.24, 2.45) is 0 Å². The first-order valence-electron chi connectivity index (χ1n) is 6.88. The summed E-state index contributed by atoms with van der Waals surface area (Å²) in [4.78, 5) is 5.81. The molecule has 2 rings (SSSR count). The maximum Gasteiger partial charge on any atom is 0.147 e. The minimum absolute atomic E-state index is 0.00630. The highest BCUT2D eigenvalue weighted by Crippen LogP contribution is 2.35. The van der Waals surface area contributed by atoms with E-state index in [0.29, 0.717) is 5.69 Å². The van der Waals surface area contributed by atoms with Gasteiger partial charge in [0.05, 0.1) is 22.4 Å². The van der Waals surface area contributed by atoms with Crippen LogP contribution in [0.4, 0.5) is 10.1 Å². The standard InChI is InChI=1S/C16H20BrFN2S/c1-9(19-13-11(17)7-6-8-12(13)18)14-10(2)20-15(21-14)16(3,4)5/h6-9,19H,1-5H3. The number of anilines is 1. The number of rotatable bonds is 3. The highest BCUT2D eigenvalue weighted by atomic mass is 79.9. The first-order valence-corrected chi connectivity index (χ1v) is 8.49. The van der Waals surface area contributed by atoms with Gasteiger partial charge in [0.2, 0.25) is 0 Å². The lowest BCUT2D eigenvalue weighted by atomic mass is 9.98. The van der Waals surface area contributed by atoms with Gasteiger partial charge < -0.3 is 5.32 Å². The van der Waals surface area contributed by atoms with Gasteiger partial charge in [0.1, 0.15) is 5.82 Å². The molecule has 1 unspecified atom stereocenters. The molecule has 0 saturated carbocycles. The monoisotopic (exact) mass is 370 g/mol. The van der Waals surface area contributed by atoms with Crippen LogP contribution >= 0.6 is 27.3 Å². The topological polar surface area (TPSA) is 24.9 Å². The van der Waals surface area contributed by atoms with Gasteiger partial charge in [-0.05, 0) is 41.9 Å². The Balaban J connectivity index is 2.29. The smallest absolute Gasteiger partial charge is 0.147 e. The van der Waals surface area contributed by atoms with Crippen molar-refractivity contribution in [3.63, 3.8) is 0 Å². The third kappa shape index (κ3) is 3.64. The van der Waals surface area contributed by atoms with Gasteiger partial charge in [-0.1, -0.05) is 26.8 Å². The van der Waals surface area contributed by atoms with Crippen LogP contribution < -0.4 is 5.32 Å². The molecule has 1 atom stereocenters. The Morgan fingerprint density at radius 3 is 2.52 bits per heavy atom. The molecule has 1 N–H and O–H groups in total. The first kappa shape index (κ1) is 16.4. The van der Waals surface area contributed by atoms with E-state index >= 15 is 0 Å². The van der Waals surface area contributed by atoms with E-state index in [1.54, 1.807) is 17.4 Å². The van der Waals surface area contributed by atoms with Gasteiger partial charge in [0.15, 0.2) is 0 Å². The van der Waals surface area contributed by atoms with Crippen LogP contribution in [0.15, 0.2) is 22.7 Å². The Morgan fingerprint density at radius 2 is 2.00 bits per heavy atom. The predicted octanol–water partition coefficient (Wildman–Crippen LogP) is 5.82. The van der Waals surface area contributed by atoms with Gasteiger partial charge in [-0.3, -0.25) is 0 Å². The number of para-hydroxylation sites is 1. The Bertz CT molecular complexity index is 626. The van der Waals surface area contributed by atoms with Crippen molar-refractivity contribution >= 4 is 33.0 Å². The van der Waals surface area contributed by atoms with E-state index in [2.05, 4.69) is 47.0 Å². The van der Waals surface area contributed by atoms with Crippen molar-refractivity contribution in [1.29, 1.82) is 0 Å². The van der Waals surface area contributed by atoms with Crippen molar-refractivity contribution < 1.29 is 4.39 Å². The number of nitrogens with zero attached hydrogens (tertiary/aromatic N) is 1. The Morgan fingerprint density at radius 1 is 1.33 bits per heavy atom. The van der Waals surface area contributed by atoms with Crippen molar-refractivity contribution in [2.75, 3.05) is 5.32 Å². The number of aryl methyl sites for hydroxylation is 1. The minimum Gasteiger partial charge on any atom is -0.374 e. The SMILES string of the molecule is Cc1nc(C(C)(C)C)sc1C(C)Nc1c(F)cccc1Br. The van der Waals surface area contributed by atoms with Crippen molar-refractivity contribution in [2.45, 2.75) is 46.1 Å². The normalized spacial score (nSPS) is 13.3. The Kier molecular flexibility index (Phi) is 4.73. The van der Waals surface area contributed by atoms with E-state index in [1.165, 1.54) is 6.07 Å². The molecule has 0 amide bonds. The summed E-state index contributed by atoms with van der Waals surface area (Å²) in [6.45, 7) is 10.5. The lowest BCUT2D eigenvalue weighted by molar-refractivity contribution is 0.584.